The van der Waals surface area contributed by atoms with Crippen LogP contribution >= 0.6 is 0 Å². The van der Waals surface area contributed by atoms with E-state index in [0.717, 1.165) is 5.75 Å². The summed E-state index contributed by atoms with van der Waals surface area (Å²) in [6.07, 6.45) is 0. The van der Waals surface area contributed by atoms with Crippen LogP contribution < -0.4 is 9.47 Å². The summed E-state index contributed by atoms with van der Waals surface area (Å²) in [5, 5.41) is 9.34. The molecule has 5 nitrogen and oxygen atoms in total. The van der Waals surface area contributed by atoms with Crippen molar-refractivity contribution in [1.82, 2.24) is 0 Å². The van der Waals surface area contributed by atoms with Crippen molar-refractivity contribution in [3.63, 3.8) is 0 Å². The lowest BCUT2D eigenvalue weighted by Gasteiger charge is -2.09. The van der Waals surface area contributed by atoms with Gasteiger partial charge in [-0.1, -0.05) is 18.2 Å². The van der Waals surface area contributed by atoms with Gasteiger partial charge in [-0.05, 0) is 84.9 Å². The molecule has 4 aromatic rings. The number of rotatable bonds is 6. The Kier molecular flexibility index (Phi) is 5.41. The van der Waals surface area contributed by atoms with Gasteiger partial charge in [-0.3, -0.25) is 0 Å². The molecule has 0 amide bonds. The molecule has 0 spiro atoms. The summed E-state index contributed by atoms with van der Waals surface area (Å²) in [6, 6.07) is 28.2. The molecule has 0 aliphatic rings. The first-order chi connectivity index (χ1) is 14.5. The highest BCUT2D eigenvalue weighted by molar-refractivity contribution is 7.91. The smallest absolute Gasteiger partial charge is 0.206 e. The molecule has 0 aliphatic carbocycles. The predicted octanol–water partition coefficient (Wildman–Crippen LogP) is 5.81. The minimum absolute atomic E-state index is 0.0119. The van der Waals surface area contributed by atoms with Crippen molar-refractivity contribution >= 4 is 9.84 Å². The summed E-state index contributed by atoms with van der Waals surface area (Å²) in [6.45, 7) is 0. The van der Waals surface area contributed by atoms with E-state index in [1.54, 1.807) is 36.4 Å². The Labute approximate surface area is 174 Å². The number of phenols is 1. The topological polar surface area (TPSA) is 72.8 Å². The molecule has 4 rings (SSSR count). The van der Waals surface area contributed by atoms with Crippen molar-refractivity contribution in [1.29, 1.82) is 0 Å². The highest BCUT2D eigenvalue weighted by Crippen LogP contribution is 2.29. The van der Waals surface area contributed by atoms with Crippen molar-refractivity contribution in [3.8, 4) is 28.7 Å². The van der Waals surface area contributed by atoms with E-state index in [0.29, 0.717) is 17.2 Å². The van der Waals surface area contributed by atoms with Crippen molar-refractivity contribution in [2.45, 2.75) is 9.79 Å². The standard InChI is InChI=1S/C24H18O5S/c25-18-6-14-23(15-7-18)30(26,27)24-16-12-22(13-17-24)29-21-10-8-20(9-11-21)28-19-4-2-1-3-5-19/h1-17,25H. The third-order valence-corrected chi connectivity index (χ3v) is 6.10. The lowest BCUT2D eigenvalue weighted by molar-refractivity contribution is 0.469. The third-order valence-electron chi connectivity index (χ3n) is 4.32. The van der Waals surface area contributed by atoms with Gasteiger partial charge < -0.3 is 14.6 Å². The second kappa shape index (κ2) is 8.31. The first-order valence-corrected chi connectivity index (χ1v) is 10.6. The molecule has 30 heavy (non-hydrogen) atoms. The van der Waals surface area contributed by atoms with Gasteiger partial charge in [-0.2, -0.15) is 0 Å². The highest BCUT2D eigenvalue weighted by Gasteiger charge is 2.17. The van der Waals surface area contributed by atoms with Gasteiger partial charge in [0.15, 0.2) is 0 Å². The van der Waals surface area contributed by atoms with E-state index >= 15 is 0 Å². The Balaban J connectivity index is 1.45. The minimum atomic E-state index is -3.66. The van der Waals surface area contributed by atoms with Crippen LogP contribution in [0, 0.1) is 0 Å². The van der Waals surface area contributed by atoms with Crippen LogP contribution in [0.25, 0.3) is 0 Å². The Morgan fingerprint density at radius 3 is 1.33 bits per heavy atom. The monoisotopic (exact) mass is 418 g/mol. The first-order valence-electron chi connectivity index (χ1n) is 9.16. The molecule has 0 fully saturated rings. The van der Waals surface area contributed by atoms with Crippen LogP contribution in [0.1, 0.15) is 0 Å². The van der Waals surface area contributed by atoms with Crippen molar-refractivity contribution in [3.05, 3.63) is 103 Å². The fourth-order valence-corrected chi connectivity index (χ4v) is 4.05. The molecular weight excluding hydrogens is 400 g/mol. The number of benzene rings is 4. The third kappa shape index (κ3) is 4.45. The van der Waals surface area contributed by atoms with Gasteiger partial charge in [0.05, 0.1) is 9.79 Å². The molecule has 4 aromatic carbocycles. The van der Waals surface area contributed by atoms with Crippen LogP contribution in [0.3, 0.4) is 0 Å². The molecule has 0 bridgehead atoms. The quantitative estimate of drug-likeness (QED) is 0.428. The molecule has 0 aliphatic heterocycles. The van der Waals surface area contributed by atoms with Crippen molar-refractivity contribution < 1.29 is 23.0 Å². The molecule has 6 heteroatoms. The lowest BCUT2D eigenvalue weighted by atomic mass is 10.3. The van der Waals surface area contributed by atoms with Gasteiger partial charge in [0.1, 0.15) is 28.7 Å². The molecule has 0 heterocycles. The number of phenolic OH excluding ortho intramolecular Hbond substituents is 1. The zero-order valence-electron chi connectivity index (χ0n) is 15.8. The largest absolute Gasteiger partial charge is 0.508 e. The highest BCUT2D eigenvalue weighted by atomic mass is 32.2. The van der Waals surface area contributed by atoms with E-state index in [2.05, 4.69) is 0 Å². The van der Waals surface area contributed by atoms with Gasteiger partial charge >= 0.3 is 0 Å². The summed E-state index contributed by atoms with van der Waals surface area (Å²) in [4.78, 5) is 0.259. The van der Waals surface area contributed by atoms with Gasteiger partial charge in [0.2, 0.25) is 9.84 Å². The van der Waals surface area contributed by atoms with Crippen LogP contribution in [0.2, 0.25) is 0 Å². The molecule has 1 N–H and O–H groups in total. The van der Waals surface area contributed by atoms with Crippen molar-refractivity contribution in [2.24, 2.45) is 0 Å². The van der Waals surface area contributed by atoms with Crippen LogP contribution in [-0.4, -0.2) is 13.5 Å². The average molecular weight is 418 g/mol. The van der Waals surface area contributed by atoms with Gasteiger partial charge in [-0.25, -0.2) is 8.42 Å². The number of hydrogen-bond acceptors (Lipinski definition) is 5. The fraction of sp³-hybridized carbons (Fsp3) is 0. The Morgan fingerprint density at radius 2 is 0.867 bits per heavy atom. The van der Waals surface area contributed by atoms with Crippen molar-refractivity contribution in [2.75, 3.05) is 0 Å². The molecular formula is C24H18O5S. The Bertz CT molecular complexity index is 1220. The second-order valence-electron chi connectivity index (χ2n) is 6.46. The summed E-state index contributed by atoms with van der Waals surface area (Å²) >= 11 is 0. The lowest BCUT2D eigenvalue weighted by Crippen LogP contribution is -2.01. The average Bonchev–Trinajstić information content (AvgIpc) is 2.77. The van der Waals surface area contributed by atoms with Gasteiger partial charge in [0, 0.05) is 0 Å². The number of ether oxygens (including phenoxy) is 2. The van der Waals surface area contributed by atoms with E-state index in [4.69, 9.17) is 9.47 Å². The summed E-state index contributed by atoms with van der Waals surface area (Å²) in [5.41, 5.74) is 0. The van der Waals surface area contributed by atoms with E-state index in [9.17, 15) is 13.5 Å². The number of para-hydroxylation sites is 1. The van der Waals surface area contributed by atoms with Gasteiger partial charge in [0.25, 0.3) is 0 Å². The number of sulfone groups is 1. The van der Waals surface area contributed by atoms with E-state index in [1.807, 2.05) is 30.3 Å². The minimum Gasteiger partial charge on any atom is -0.508 e. The normalized spacial score (nSPS) is 11.1. The molecule has 0 atom stereocenters. The summed E-state index contributed by atoms with van der Waals surface area (Å²) in [5.74, 6) is 2.55. The van der Waals surface area contributed by atoms with E-state index in [-0.39, 0.29) is 15.5 Å². The fourth-order valence-electron chi connectivity index (χ4n) is 2.78. The van der Waals surface area contributed by atoms with Crippen LogP contribution in [0.5, 0.6) is 28.7 Å². The molecule has 0 radical (unpaired) electrons. The molecule has 0 saturated carbocycles. The van der Waals surface area contributed by atoms with Gasteiger partial charge in [-0.15, -0.1) is 0 Å². The predicted molar refractivity (Wildman–Crippen MR) is 113 cm³/mol. The molecule has 0 aromatic heterocycles. The zero-order chi connectivity index (χ0) is 21.0. The Morgan fingerprint density at radius 1 is 0.500 bits per heavy atom. The SMILES string of the molecule is O=S(=O)(c1ccc(O)cc1)c1ccc(Oc2ccc(Oc3ccccc3)cc2)cc1. The Hall–Kier alpha value is -3.77. The molecule has 150 valence electrons. The molecule has 0 saturated heterocycles. The first kappa shape index (κ1) is 19.5. The van der Waals surface area contributed by atoms with Crippen LogP contribution in [-0.2, 0) is 9.84 Å². The maximum absolute atomic E-state index is 12.7. The number of aromatic hydroxyl groups is 1. The number of hydrogen-bond donors (Lipinski definition) is 1. The summed E-state index contributed by atoms with van der Waals surface area (Å²) < 4.78 is 36.9. The maximum Gasteiger partial charge on any atom is 0.206 e. The molecule has 0 unspecified atom stereocenters. The summed E-state index contributed by atoms with van der Waals surface area (Å²) in [7, 11) is -3.66. The second-order valence-corrected chi connectivity index (χ2v) is 8.41. The maximum atomic E-state index is 12.7. The zero-order valence-corrected chi connectivity index (χ0v) is 16.6. The van der Waals surface area contributed by atoms with E-state index in [1.165, 1.54) is 36.4 Å². The van der Waals surface area contributed by atoms with E-state index < -0.39 is 9.84 Å². The van der Waals surface area contributed by atoms with Crippen LogP contribution in [0.4, 0.5) is 0 Å². The van der Waals surface area contributed by atoms with Crippen LogP contribution in [0.15, 0.2) is 113 Å².